The Labute approximate surface area is 130 Å². The highest BCUT2D eigenvalue weighted by molar-refractivity contribution is 7.12. The van der Waals surface area contributed by atoms with Crippen molar-refractivity contribution in [2.75, 3.05) is 6.54 Å². The smallest absolute Gasteiger partial charge is 0.0682 e. The van der Waals surface area contributed by atoms with E-state index in [-0.39, 0.29) is 0 Å². The van der Waals surface area contributed by atoms with E-state index in [1.165, 1.54) is 45.9 Å². The number of nitrogens with one attached hydrogen (secondary N) is 1. The van der Waals surface area contributed by atoms with Crippen molar-refractivity contribution < 1.29 is 0 Å². The maximum absolute atomic E-state index is 3.76. The summed E-state index contributed by atoms with van der Waals surface area (Å²) in [5.74, 6) is 0. The molecule has 1 aliphatic rings. The van der Waals surface area contributed by atoms with Crippen molar-refractivity contribution in [1.82, 2.24) is 5.32 Å². The molecule has 0 saturated heterocycles. The van der Waals surface area contributed by atoms with Crippen LogP contribution in [-0.2, 0) is 12.8 Å². The molecular formula is C17H23NS2. The van der Waals surface area contributed by atoms with E-state index < -0.39 is 0 Å². The molecule has 0 spiro atoms. The van der Waals surface area contributed by atoms with Crippen molar-refractivity contribution in [1.29, 1.82) is 0 Å². The fourth-order valence-corrected chi connectivity index (χ4v) is 5.40. The monoisotopic (exact) mass is 305 g/mol. The third-order valence-corrected chi connectivity index (χ3v) is 6.32. The van der Waals surface area contributed by atoms with Crippen LogP contribution in [0.25, 0.3) is 0 Å². The molecule has 0 bridgehead atoms. The van der Waals surface area contributed by atoms with Crippen molar-refractivity contribution >= 4 is 22.7 Å². The SMILES string of the molecule is CCCNC(c1cc2c(s1)CCC2)c1cc(C)sc1C. The van der Waals surface area contributed by atoms with Gasteiger partial charge in [-0.25, -0.2) is 0 Å². The molecule has 20 heavy (non-hydrogen) atoms. The second kappa shape index (κ2) is 6.00. The van der Waals surface area contributed by atoms with Gasteiger partial charge >= 0.3 is 0 Å². The van der Waals surface area contributed by atoms with E-state index in [2.05, 4.69) is 38.2 Å². The lowest BCUT2D eigenvalue weighted by Crippen LogP contribution is -2.22. The average Bonchev–Trinajstić information content (AvgIpc) is 3.05. The van der Waals surface area contributed by atoms with Crippen LogP contribution in [-0.4, -0.2) is 6.54 Å². The maximum Gasteiger partial charge on any atom is 0.0682 e. The topological polar surface area (TPSA) is 12.0 Å². The lowest BCUT2D eigenvalue weighted by Gasteiger charge is -2.17. The first kappa shape index (κ1) is 14.3. The molecule has 0 aliphatic heterocycles. The zero-order valence-electron chi connectivity index (χ0n) is 12.6. The number of thiophene rings is 2. The number of hydrogen-bond acceptors (Lipinski definition) is 3. The molecule has 3 heteroatoms. The van der Waals surface area contributed by atoms with E-state index in [9.17, 15) is 0 Å². The van der Waals surface area contributed by atoms with E-state index >= 15 is 0 Å². The van der Waals surface area contributed by atoms with Crippen LogP contribution >= 0.6 is 22.7 Å². The van der Waals surface area contributed by atoms with E-state index in [1.54, 1.807) is 10.4 Å². The van der Waals surface area contributed by atoms with Crippen molar-refractivity contribution in [2.24, 2.45) is 0 Å². The summed E-state index contributed by atoms with van der Waals surface area (Å²) >= 11 is 3.96. The molecule has 3 rings (SSSR count). The predicted molar refractivity (Wildman–Crippen MR) is 90.3 cm³/mol. The van der Waals surface area contributed by atoms with E-state index in [4.69, 9.17) is 0 Å². The van der Waals surface area contributed by atoms with E-state index in [0.717, 1.165) is 6.54 Å². The molecule has 1 atom stereocenters. The van der Waals surface area contributed by atoms with Crippen LogP contribution in [0.1, 0.15) is 56.4 Å². The number of aryl methyl sites for hydroxylation is 4. The molecule has 1 aliphatic carbocycles. The lowest BCUT2D eigenvalue weighted by molar-refractivity contribution is 0.605. The first-order chi connectivity index (χ1) is 9.69. The summed E-state index contributed by atoms with van der Waals surface area (Å²) in [4.78, 5) is 6.03. The van der Waals surface area contributed by atoms with Gasteiger partial charge < -0.3 is 5.32 Å². The third-order valence-electron chi connectivity index (χ3n) is 4.04. The molecule has 0 radical (unpaired) electrons. The Bertz CT molecular complexity index is 573. The van der Waals surface area contributed by atoms with Gasteiger partial charge in [0.15, 0.2) is 0 Å². The quantitative estimate of drug-likeness (QED) is 0.819. The molecule has 1 unspecified atom stereocenters. The highest BCUT2D eigenvalue weighted by Crippen LogP contribution is 2.38. The summed E-state index contributed by atoms with van der Waals surface area (Å²) in [6.07, 6.45) is 5.12. The van der Waals surface area contributed by atoms with Crippen LogP contribution in [0.4, 0.5) is 0 Å². The van der Waals surface area contributed by atoms with Gasteiger partial charge in [0.1, 0.15) is 0 Å². The zero-order valence-corrected chi connectivity index (χ0v) is 14.2. The molecule has 0 aromatic carbocycles. The fourth-order valence-electron chi connectivity index (χ4n) is 3.08. The van der Waals surface area contributed by atoms with Gasteiger partial charge in [0.2, 0.25) is 0 Å². The molecule has 108 valence electrons. The normalized spacial score (nSPS) is 15.6. The number of rotatable bonds is 5. The first-order valence-corrected chi connectivity index (χ1v) is 9.24. The van der Waals surface area contributed by atoms with Crippen LogP contribution in [0.15, 0.2) is 12.1 Å². The van der Waals surface area contributed by atoms with Crippen molar-refractivity contribution in [2.45, 2.75) is 52.5 Å². The predicted octanol–water partition coefficient (Wildman–Crippen LogP) is 5.00. The van der Waals surface area contributed by atoms with Crippen molar-refractivity contribution in [3.63, 3.8) is 0 Å². The molecule has 2 aromatic rings. The fraction of sp³-hybridized carbons (Fsp3) is 0.529. The molecule has 0 amide bonds. The van der Waals surface area contributed by atoms with E-state index in [1.807, 2.05) is 22.7 Å². The van der Waals surface area contributed by atoms with Crippen molar-refractivity contribution in [3.05, 3.63) is 42.8 Å². The van der Waals surface area contributed by atoms with Crippen LogP contribution in [0, 0.1) is 13.8 Å². The summed E-state index contributed by atoms with van der Waals surface area (Å²) in [7, 11) is 0. The minimum absolute atomic E-state index is 0.399. The highest BCUT2D eigenvalue weighted by atomic mass is 32.1. The Morgan fingerprint density at radius 2 is 2.05 bits per heavy atom. The summed E-state index contributed by atoms with van der Waals surface area (Å²) in [5, 5.41) is 3.76. The Hall–Kier alpha value is -0.640. The second-order valence-electron chi connectivity index (χ2n) is 5.71. The Balaban J connectivity index is 1.94. The summed E-state index contributed by atoms with van der Waals surface area (Å²) in [5.41, 5.74) is 3.10. The lowest BCUT2D eigenvalue weighted by atomic mass is 10.0. The van der Waals surface area contributed by atoms with Gasteiger partial charge in [0.05, 0.1) is 6.04 Å². The Kier molecular flexibility index (Phi) is 4.29. The molecular weight excluding hydrogens is 282 g/mol. The highest BCUT2D eigenvalue weighted by Gasteiger charge is 2.23. The Morgan fingerprint density at radius 3 is 2.70 bits per heavy atom. The van der Waals surface area contributed by atoms with Gasteiger partial charge in [0, 0.05) is 19.5 Å². The summed E-state index contributed by atoms with van der Waals surface area (Å²) in [6, 6.07) is 5.24. The summed E-state index contributed by atoms with van der Waals surface area (Å²) in [6.45, 7) is 7.80. The van der Waals surface area contributed by atoms with Crippen LogP contribution < -0.4 is 5.32 Å². The molecule has 0 saturated carbocycles. The average molecular weight is 306 g/mol. The van der Waals surface area contributed by atoms with Gasteiger partial charge in [-0.1, -0.05) is 6.92 Å². The summed E-state index contributed by atoms with van der Waals surface area (Å²) < 4.78 is 0. The number of hydrogen-bond donors (Lipinski definition) is 1. The molecule has 1 nitrogen and oxygen atoms in total. The molecule has 2 heterocycles. The third kappa shape index (κ3) is 2.72. The van der Waals surface area contributed by atoms with Gasteiger partial charge in [-0.3, -0.25) is 0 Å². The first-order valence-electron chi connectivity index (χ1n) is 7.60. The van der Waals surface area contributed by atoms with Crippen LogP contribution in [0.3, 0.4) is 0 Å². The molecule has 1 N–H and O–H groups in total. The van der Waals surface area contributed by atoms with E-state index in [0.29, 0.717) is 6.04 Å². The standard InChI is InChI=1S/C17H23NS2/c1-4-8-18-17(14-9-11(2)19-12(14)3)16-10-13-6-5-7-15(13)20-16/h9-10,17-18H,4-8H2,1-3H3. The van der Waals surface area contributed by atoms with Crippen LogP contribution in [0.2, 0.25) is 0 Å². The van der Waals surface area contributed by atoms with Gasteiger partial charge in [-0.05, 0) is 69.3 Å². The molecule has 0 fully saturated rings. The number of fused-ring (bicyclic) bond motifs is 1. The van der Waals surface area contributed by atoms with Gasteiger partial charge in [-0.2, -0.15) is 0 Å². The van der Waals surface area contributed by atoms with Gasteiger partial charge in [0.25, 0.3) is 0 Å². The maximum atomic E-state index is 3.76. The minimum Gasteiger partial charge on any atom is -0.306 e. The largest absolute Gasteiger partial charge is 0.306 e. The minimum atomic E-state index is 0.399. The zero-order chi connectivity index (χ0) is 14.1. The van der Waals surface area contributed by atoms with Gasteiger partial charge in [-0.15, -0.1) is 22.7 Å². The van der Waals surface area contributed by atoms with Crippen molar-refractivity contribution in [3.8, 4) is 0 Å². The van der Waals surface area contributed by atoms with Crippen LogP contribution in [0.5, 0.6) is 0 Å². The Morgan fingerprint density at radius 1 is 1.20 bits per heavy atom. The second-order valence-corrected chi connectivity index (χ2v) is 8.34. The molecule has 2 aromatic heterocycles.